The zero-order chi connectivity index (χ0) is 25.5. The first-order valence-electron chi connectivity index (χ1n) is 11.8. The van der Waals surface area contributed by atoms with Crippen LogP contribution in [-0.4, -0.2) is 23.2 Å². The number of ether oxygens (including phenoxy) is 3. The number of pyridine rings is 1. The normalized spacial score (nSPS) is 10.8. The van der Waals surface area contributed by atoms with Crippen LogP contribution in [0.5, 0.6) is 17.2 Å². The average molecular weight is 484 g/mol. The molecule has 0 aliphatic rings. The number of carboxylic acids is 1. The lowest BCUT2D eigenvalue weighted by atomic mass is 10.0. The number of para-hydroxylation sites is 1. The number of nitrogens with zero attached hydrogens (tertiary/aromatic N) is 1. The van der Waals surface area contributed by atoms with Gasteiger partial charge in [0.1, 0.15) is 30.5 Å². The van der Waals surface area contributed by atoms with Gasteiger partial charge in [0.2, 0.25) is 0 Å². The van der Waals surface area contributed by atoms with Gasteiger partial charge >= 0.3 is 5.97 Å². The third-order valence-electron chi connectivity index (χ3n) is 5.81. The largest absolute Gasteiger partial charge is 0.497 e. The van der Waals surface area contributed by atoms with Gasteiger partial charge in [0.15, 0.2) is 0 Å². The monoisotopic (exact) mass is 483 g/mol. The van der Waals surface area contributed by atoms with Crippen molar-refractivity contribution in [2.45, 2.75) is 33.0 Å². The van der Waals surface area contributed by atoms with Gasteiger partial charge in [-0.3, -0.25) is 0 Å². The lowest BCUT2D eigenvalue weighted by Crippen LogP contribution is -2.10. The summed E-state index contributed by atoms with van der Waals surface area (Å²) < 4.78 is 17.6. The van der Waals surface area contributed by atoms with E-state index >= 15 is 0 Å². The van der Waals surface area contributed by atoms with E-state index in [1.165, 1.54) is 0 Å². The predicted octanol–water partition coefficient (Wildman–Crippen LogP) is 6.74. The van der Waals surface area contributed by atoms with E-state index in [2.05, 4.69) is 13.8 Å². The molecule has 0 fully saturated rings. The van der Waals surface area contributed by atoms with E-state index in [0.717, 1.165) is 11.1 Å². The van der Waals surface area contributed by atoms with Gasteiger partial charge in [-0.25, -0.2) is 9.78 Å². The number of aromatic carboxylic acids is 1. The van der Waals surface area contributed by atoms with Crippen LogP contribution in [-0.2, 0) is 13.2 Å². The topological polar surface area (TPSA) is 77.9 Å². The molecule has 0 aliphatic heterocycles. The van der Waals surface area contributed by atoms with Gasteiger partial charge in [0.05, 0.1) is 24.1 Å². The fourth-order valence-corrected chi connectivity index (χ4v) is 3.89. The molecular formula is C30H29NO5. The summed E-state index contributed by atoms with van der Waals surface area (Å²) in [6, 6.07) is 26.3. The van der Waals surface area contributed by atoms with Crippen LogP contribution >= 0.6 is 0 Å². The molecule has 0 saturated heterocycles. The number of rotatable bonds is 10. The van der Waals surface area contributed by atoms with Crippen LogP contribution in [0.2, 0.25) is 0 Å². The standard InChI is InChI=1S/C30H29NO5/c1-20(2)23-11-7-8-12-28(23)36-19-27-24(30(32)33)14-15-26(31-27)25-17-22(34-3)13-16-29(25)35-18-21-9-5-4-6-10-21/h4-17,20H,18-19H2,1-3H3,(H,32,33). The fraction of sp³-hybridized carbons (Fsp3) is 0.200. The molecule has 0 unspecified atom stereocenters. The maximum atomic E-state index is 11.9. The van der Waals surface area contributed by atoms with E-state index in [1.54, 1.807) is 19.2 Å². The Morgan fingerprint density at radius 2 is 1.58 bits per heavy atom. The van der Waals surface area contributed by atoms with Crippen LogP contribution in [0.15, 0.2) is 84.9 Å². The second kappa shape index (κ2) is 11.4. The summed E-state index contributed by atoms with van der Waals surface area (Å²) >= 11 is 0. The molecular weight excluding hydrogens is 454 g/mol. The van der Waals surface area contributed by atoms with Crippen molar-refractivity contribution in [2.75, 3.05) is 7.11 Å². The second-order valence-electron chi connectivity index (χ2n) is 8.61. The highest BCUT2D eigenvalue weighted by atomic mass is 16.5. The Hall–Kier alpha value is -4.32. The second-order valence-corrected chi connectivity index (χ2v) is 8.61. The molecule has 0 spiro atoms. The van der Waals surface area contributed by atoms with Crippen molar-refractivity contribution in [3.05, 3.63) is 107 Å². The SMILES string of the molecule is COc1ccc(OCc2ccccc2)c(-c2ccc(C(=O)O)c(COc3ccccc3C(C)C)n2)c1. The van der Waals surface area contributed by atoms with Gasteiger partial charge in [-0.2, -0.15) is 0 Å². The number of carboxylic acid groups (broad SMARTS) is 1. The molecule has 36 heavy (non-hydrogen) atoms. The van der Waals surface area contributed by atoms with E-state index < -0.39 is 5.97 Å². The van der Waals surface area contributed by atoms with Gasteiger partial charge in [-0.15, -0.1) is 0 Å². The molecule has 184 valence electrons. The molecule has 0 bridgehead atoms. The number of carbonyl (C=O) groups is 1. The number of hydrogen-bond acceptors (Lipinski definition) is 5. The number of hydrogen-bond donors (Lipinski definition) is 1. The number of benzene rings is 3. The Labute approximate surface area is 211 Å². The van der Waals surface area contributed by atoms with Crippen LogP contribution in [0.4, 0.5) is 0 Å². The first-order chi connectivity index (χ1) is 17.5. The zero-order valence-electron chi connectivity index (χ0n) is 20.6. The van der Waals surface area contributed by atoms with Crippen molar-refractivity contribution in [3.8, 4) is 28.5 Å². The number of methoxy groups -OCH3 is 1. The lowest BCUT2D eigenvalue weighted by molar-refractivity contribution is 0.0693. The molecule has 0 aliphatic carbocycles. The van der Waals surface area contributed by atoms with Crippen LogP contribution in [0.3, 0.4) is 0 Å². The van der Waals surface area contributed by atoms with Gasteiger partial charge in [-0.05, 0) is 53.4 Å². The first kappa shape index (κ1) is 24.8. The Balaban J connectivity index is 1.68. The van der Waals surface area contributed by atoms with Crippen molar-refractivity contribution in [2.24, 2.45) is 0 Å². The van der Waals surface area contributed by atoms with Crippen molar-refractivity contribution in [1.29, 1.82) is 0 Å². The van der Waals surface area contributed by atoms with Crippen LogP contribution < -0.4 is 14.2 Å². The summed E-state index contributed by atoms with van der Waals surface area (Å²) in [7, 11) is 1.59. The smallest absolute Gasteiger partial charge is 0.337 e. The summed E-state index contributed by atoms with van der Waals surface area (Å²) in [6.45, 7) is 4.58. The van der Waals surface area contributed by atoms with Crippen molar-refractivity contribution < 1.29 is 24.1 Å². The van der Waals surface area contributed by atoms with Crippen molar-refractivity contribution in [1.82, 2.24) is 4.98 Å². The highest BCUT2D eigenvalue weighted by Crippen LogP contribution is 2.34. The van der Waals surface area contributed by atoms with E-state index in [-0.39, 0.29) is 18.1 Å². The minimum absolute atomic E-state index is 0.0172. The zero-order valence-corrected chi connectivity index (χ0v) is 20.6. The number of aromatic nitrogens is 1. The lowest BCUT2D eigenvalue weighted by Gasteiger charge is -2.16. The molecule has 4 aromatic rings. The van der Waals surface area contributed by atoms with Crippen LogP contribution in [0.25, 0.3) is 11.3 Å². The first-order valence-corrected chi connectivity index (χ1v) is 11.8. The van der Waals surface area contributed by atoms with Crippen molar-refractivity contribution in [3.63, 3.8) is 0 Å². The molecule has 1 N–H and O–H groups in total. The molecule has 1 heterocycles. The molecule has 0 radical (unpaired) electrons. The van der Waals surface area contributed by atoms with Crippen LogP contribution in [0.1, 0.15) is 46.9 Å². The molecule has 0 saturated carbocycles. The van der Waals surface area contributed by atoms with Gasteiger partial charge in [0.25, 0.3) is 0 Å². The minimum Gasteiger partial charge on any atom is -0.497 e. The minimum atomic E-state index is -1.06. The maximum Gasteiger partial charge on any atom is 0.337 e. The molecule has 6 heteroatoms. The summed E-state index contributed by atoms with van der Waals surface area (Å²) in [5.41, 5.74) is 3.77. The highest BCUT2D eigenvalue weighted by molar-refractivity contribution is 5.89. The van der Waals surface area contributed by atoms with Gasteiger partial charge < -0.3 is 19.3 Å². The van der Waals surface area contributed by atoms with Crippen LogP contribution in [0, 0.1) is 0 Å². The third kappa shape index (κ3) is 5.84. The van der Waals surface area contributed by atoms with E-state index in [0.29, 0.717) is 40.8 Å². The third-order valence-corrected chi connectivity index (χ3v) is 5.81. The molecule has 0 atom stereocenters. The van der Waals surface area contributed by atoms with E-state index in [1.807, 2.05) is 72.8 Å². The quantitative estimate of drug-likeness (QED) is 0.269. The highest BCUT2D eigenvalue weighted by Gasteiger charge is 2.18. The molecule has 6 nitrogen and oxygen atoms in total. The summed E-state index contributed by atoms with van der Waals surface area (Å²) in [5, 5.41) is 9.77. The Morgan fingerprint density at radius 3 is 2.31 bits per heavy atom. The predicted molar refractivity (Wildman–Crippen MR) is 139 cm³/mol. The molecule has 1 aromatic heterocycles. The molecule has 3 aromatic carbocycles. The van der Waals surface area contributed by atoms with Gasteiger partial charge in [-0.1, -0.05) is 62.4 Å². The summed E-state index contributed by atoms with van der Waals surface area (Å²) in [5.74, 6) is 1.18. The summed E-state index contributed by atoms with van der Waals surface area (Å²) in [4.78, 5) is 16.6. The molecule has 0 amide bonds. The van der Waals surface area contributed by atoms with E-state index in [4.69, 9.17) is 19.2 Å². The van der Waals surface area contributed by atoms with Gasteiger partial charge in [0, 0.05) is 5.56 Å². The molecule has 4 rings (SSSR count). The maximum absolute atomic E-state index is 11.9. The van der Waals surface area contributed by atoms with Crippen molar-refractivity contribution >= 4 is 5.97 Å². The Morgan fingerprint density at radius 1 is 0.861 bits per heavy atom. The average Bonchev–Trinajstić information content (AvgIpc) is 2.91. The fourth-order valence-electron chi connectivity index (χ4n) is 3.89. The summed E-state index contributed by atoms with van der Waals surface area (Å²) in [6.07, 6.45) is 0. The van der Waals surface area contributed by atoms with E-state index in [9.17, 15) is 9.90 Å². The Bertz CT molecular complexity index is 1330. The Kier molecular flexibility index (Phi) is 7.85.